The van der Waals surface area contributed by atoms with E-state index in [-0.39, 0.29) is 5.91 Å². The quantitative estimate of drug-likeness (QED) is 0.860. The molecule has 0 aliphatic heterocycles. The molecule has 0 radical (unpaired) electrons. The van der Waals surface area contributed by atoms with Crippen molar-refractivity contribution < 1.29 is 14.7 Å². The average molecular weight is 269 g/mol. The van der Waals surface area contributed by atoms with Crippen LogP contribution in [0.3, 0.4) is 0 Å². The number of carboxylic acids is 1. The Morgan fingerprint density at radius 1 is 1.39 bits per heavy atom. The minimum atomic E-state index is -0.928. The van der Waals surface area contributed by atoms with Crippen molar-refractivity contribution in [3.8, 4) is 0 Å². The SMILES string of the molecule is CC(C(=O)O)C(C)C(=O)N(C)CCc1cccs1. The van der Waals surface area contributed by atoms with E-state index >= 15 is 0 Å². The van der Waals surface area contributed by atoms with Crippen molar-refractivity contribution in [1.29, 1.82) is 0 Å². The van der Waals surface area contributed by atoms with E-state index in [0.29, 0.717) is 6.54 Å². The zero-order chi connectivity index (χ0) is 13.7. The summed E-state index contributed by atoms with van der Waals surface area (Å²) in [5, 5.41) is 10.9. The Morgan fingerprint density at radius 3 is 2.56 bits per heavy atom. The molecule has 0 fully saturated rings. The van der Waals surface area contributed by atoms with Gasteiger partial charge in [0.15, 0.2) is 0 Å². The molecule has 1 aromatic heterocycles. The molecule has 0 aromatic carbocycles. The lowest BCUT2D eigenvalue weighted by atomic mass is 9.95. The topological polar surface area (TPSA) is 57.6 Å². The average Bonchev–Trinajstić information content (AvgIpc) is 2.86. The van der Waals surface area contributed by atoms with Crippen molar-refractivity contribution in [1.82, 2.24) is 4.90 Å². The van der Waals surface area contributed by atoms with Crippen LogP contribution in [0, 0.1) is 11.8 Å². The number of carboxylic acid groups (broad SMARTS) is 1. The summed E-state index contributed by atoms with van der Waals surface area (Å²) in [6.07, 6.45) is 0.814. The Labute approximate surface area is 111 Å². The second kappa shape index (κ2) is 6.54. The molecule has 5 heteroatoms. The molecule has 0 saturated carbocycles. The fraction of sp³-hybridized carbons (Fsp3) is 0.538. The zero-order valence-electron chi connectivity index (χ0n) is 10.9. The number of rotatable bonds is 6. The number of likely N-dealkylation sites (N-methyl/N-ethyl adjacent to an activating group) is 1. The maximum Gasteiger partial charge on any atom is 0.307 e. The predicted molar refractivity (Wildman–Crippen MR) is 71.6 cm³/mol. The molecule has 1 heterocycles. The molecule has 0 bridgehead atoms. The van der Waals surface area contributed by atoms with E-state index in [9.17, 15) is 9.59 Å². The molecule has 0 aliphatic rings. The van der Waals surface area contributed by atoms with Crippen LogP contribution < -0.4 is 0 Å². The molecule has 0 saturated heterocycles. The largest absolute Gasteiger partial charge is 0.481 e. The van der Waals surface area contributed by atoms with Crippen LogP contribution in [0.25, 0.3) is 0 Å². The maximum absolute atomic E-state index is 12.0. The molecule has 100 valence electrons. The number of carbonyl (C=O) groups is 2. The first-order valence-corrected chi connectivity index (χ1v) is 6.81. The number of nitrogens with zero attached hydrogens (tertiary/aromatic N) is 1. The molecular formula is C13H19NO3S. The lowest BCUT2D eigenvalue weighted by Gasteiger charge is -2.23. The molecule has 1 amide bonds. The minimum absolute atomic E-state index is 0.110. The van der Waals surface area contributed by atoms with E-state index < -0.39 is 17.8 Å². The number of thiophene rings is 1. The Bertz CT molecular complexity index is 402. The summed E-state index contributed by atoms with van der Waals surface area (Å²) in [6.45, 7) is 3.86. The van der Waals surface area contributed by atoms with Gasteiger partial charge in [-0.05, 0) is 17.9 Å². The van der Waals surface area contributed by atoms with E-state index in [2.05, 4.69) is 0 Å². The van der Waals surface area contributed by atoms with Gasteiger partial charge in [0, 0.05) is 24.4 Å². The van der Waals surface area contributed by atoms with Gasteiger partial charge in [0.1, 0.15) is 0 Å². The highest BCUT2D eigenvalue weighted by Crippen LogP contribution is 2.15. The summed E-state index contributed by atoms with van der Waals surface area (Å²) in [7, 11) is 1.72. The molecule has 1 rings (SSSR count). The Kier molecular flexibility index (Phi) is 5.34. The van der Waals surface area contributed by atoms with Gasteiger partial charge >= 0.3 is 5.97 Å². The third-order valence-corrected chi connectivity index (χ3v) is 4.12. The first-order valence-electron chi connectivity index (χ1n) is 5.93. The van der Waals surface area contributed by atoms with Gasteiger partial charge in [-0.2, -0.15) is 0 Å². The Balaban J connectivity index is 2.48. The van der Waals surface area contributed by atoms with Crippen LogP contribution in [-0.4, -0.2) is 35.5 Å². The Hall–Kier alpha value is -1.36. The van der Waals surface area contributed by atoms with Gasteiger partial charge in [-0.1, -0.05) is 19.9 Å². The maximum atomic E-state index is 12.0. The summed E-state index contributed by atoms with van der Waals surface area (Å²) < 4.78 is 0. The van der Waals surface area contributed by atoms with Crippen LogP contribution in [-0.2, 0) is 16.0 Å². The number of aliphatic carboxylic acids is 1. The van der Waals surface area contributed by atoms with Crippen molar-refractivity contribution in [2.24, 2.45) is 11.8 Å². The second-order valence-corrected chi connectivity index (χ2v) is 5.54. The first kappa shape index (κ1) is 14.7. The summed E-state index contributed by atoms with van der Waals surface area (Å²) >= 11 is 1.66. The van der Waals surface area contributed by atoms with Crippen LogP contribution in [0.15, 0.2) is 17.5 Å². The summed E-state index contributed by atoms with van der Waals surface area (Å²) in [4.78, 5) is 25.7. The highest BCUT2D eigenvalue weighted by Gasteiger charge is 2.27. The highest BCUT2D eigenvalue weighted by atomic mass is 32.1. The van der Waals surface area contributed by atoms with E-state index in [0.717, 1.165) is 6.42 Å². The number of amides is 1. The van der Waals surface area contributed by atoms with E-state index in [1.54, 1.807) is 37.1 Å². The molecule has 1 aromatic rings. The molecule has 18 heavy (non-hydrogen) atoms. The molecule has 2 atom stereocenters. The smallest absolute Gasteiger partial charge is 0.307 e. The van der Waals surface area contributed by atoms with E-state index in [4.69, 9.17) is 5.11 Å². The predicted octanol–water partition coefficient (Wildman–Crippen LogP) is 2.11. The van der Waals surface area contributed by atoms with Crippen LogP contribution in [0.5, 0.6) is 0 Å². The van der Waals surface area contributed by atoms with Crippen molar-refractivity contribution in [2.75, 3.05) is 13.6 Å². The molecule has 1 N–H and O–H groups in total. The molecule has 2 unspecified atom stereocenters. The van der Waals surface area contributed by atoms with E-state index in [1.165, 1.54) is 4.88 Å². The molecule has 0 aliphatic carbocycles. The highest BCUT2D eigenvalue weighted by molar-refractivity contribution is 7.09. The van der Waals surface area contributed by atoms with Crippen LogP contribution >= 0.6 is 11.3 Å². The number of carbonyl (C=O) groups excluding carboxylic acids is 1. The van der Waals surface area contributed by atoms with Gasteiger partial charge in [-0.3, -0.25) is 9.59 Å². The molecule has 0 spiro atoms. The zero-order valence-corrected chi connectivity index (χ0v) is 11.7. The molecular weight excluding hydrogens is 250 g/mol. The second-order valence-electron chi connectivity index (χ2n) is 4.50. The van der Waals surface area contributed by atoms with Crippen molar-refractivity contribution in [3.63, 3.8) is 0 Å². The standard InChI is InChI=1S/C13H19NO3S/c1-9(10(2)13(16)17)12(15)14(3)7-6-11-5-4-8-18-11/h4-5,8-10H,6-7H2,1-3H3,(H,16,17). The van der Waals surface area contributed by atoms with Crippen LogP contribution in [0.4, 0.5) is 0 Å². The minimum Gasteiger partial charge on any atom is -0.481 e. The van der Waals surface area contributed by atoms with Gasteiger partial charge < -0.3 is 10.0 Å². The van der Waals surface area contributed by atoms with Gasteiger partial charge in [0.2, 0.25) is 5.91 Å². The lowest BCUT2D eigenvalue weighted by molar-refractivity contribution is -0.148. The Morgan fingerprint density at radius 2 is 2.06 bits per heavy atom. The van der Waals surface area contributed by atoms with E-state index in [1.807, 2.05) is 17.5 Å². The van der Waals surface area contributed by atoms with Crippen LogP contribution in [0.1, 0.15) is 18.7 Å². The van der Waals surface area contributed by atoms with Crippen molar-refractivity contribution >= 4 is 23.2 Å². The number of hydrogen-bond donors (Lipinski definition) is 1. The van der Waals surface area contributed by atoms with Crippen molar-refractivity contribution in [3.05, 3.63) is 22.4 Å². The fourth-order valence-electron chi connectivity index (χ4n) is 1.62. The summed E-state index contributed by atoms with van der Waals surface area (Å²) in [5.41, 5.74) is 0. The lowest BCUT2D eigenvalue weighted by Crippen LogP contribution is -2.37. The number of hydrogen-bond acceptors (Lipinski definition) is 3. The first-order chi connectivity index (χ1) is 8.43. The van der Waals surface area contributed by atoms with Gasteiger partial charge in [0.25, 0.3) is 0 Å². The summed E-state index contributed by atoms with van der Waals surface area (Å²) in [6, 6.07) is 4.02. The van der Waals surface area contributed by atoms with Gasteiger partial charge in [0.05, 0.1) is 5.92 Å². The van der Waals surface area contributed by atoms with Gasteiger partial charge in [-0.25, -0.2) is 0 Å². The van der Waals surface area contributed by atoms with Gasteiger partial charge in [-0.15, -0.1) is 11.3 Å². The summed E-state index contributed by atoms with van der Waals surface area (Å²) in [5.74, 6) is -2.18. The molecule has 4 nitrogen and oxygen atoms in total. The normalized spacial score (nSPS) is 13.9. The monoisotopic (exact) mass is 269 g/mol. The fourth-order valence-corrected chi connectivity index (χ4v) is 2.32. The third-order valence-electron chi connectivity index (χ3n) is 3.18. The van der Waals surface area contributed by atoms with Crippen molar-refractivity contribution in [2.45, 2.75) is 20.3 Å². The van der Waals surface area contributed by atoms with Crippen LogP contribution in [0.2, 0.25) is 0 Å². The third kappa shape index (κ3) is 3.84.